The molecule has 0 aliphatic carbocycles. The fourth-order valence-corrected chi connectivity index (χ4v) is 2.89. The second-order valence-electron chi connectivity index (χ2n) is 3.48. The van der Waals surface area contributed by atoms with Crippen LogP contribution >= 0.6 is 23.1 Å². The first-order valence-electron chi connectivity index (χ1n) is 5.15. The average Bonchev–Trinajstić information content (AvgIpc) is 3.05. The Bertz CT molecular complexity index is 572. The van der Waals surface area contributed by atoms with Gasteiger partial charge in [0.25, 0.3) is 0 Å². The second kappa shape index (κ2) is 4.95. The number of benzene rings is 1. The van der Waals surface area contributed by atoms with Crippen LogP contribution < -0.4 is 9.47 Å². The van der Waals surface area contributed by atoms with Gasteiger partial charge in [0.15, 0.2) is 21.6 Å². The normalized spacial score (nSPS) is 12.7. The third kappa shape index (κ3) is 2.32. The molecule has 1 aliphatic rings. The van der Waals surface area contributed by atoms with E-state index in [0.717, 1.165) is 4.34 Å². The molecule has 0 radical (unpaired) electrons. The topological polar surface area (TPSA) is 61.3 Å². The number of aromatic nitrogens is 2. The molecule has 92 valence electrons. The Morgan fingerprint density at radius 2 is 2.28 bits per heavy atom. The van der Waals surface area contributed by atoms with Gasteiger partial charge in [0, 0.05) is 5.56 Å². The van der Waals surface area contributed by atoms with Crippen molar-refractivity contribution in [2.45, 2.75) is 4.34 Å². The van der Waals surface area contributed by atoms with Gasteiger partial charge in [0.1, 0.15) is 5.51 Å². The average molecular weight is 280 g/mol. The van der Waals surface area contributed by atoms with Gasteiger partial charge in [0.2, 0.25) is 6.79 Å². The smallest absolute Gasteiger partial charge is 0.231 e. The van der Waals surface area contributed by atoms with Gasteiger partial charge in [-0.2, -0.15) is 0 Å². The zero-order valence-corrected chi connectivity index (χ0v) is 10.8. The molecule has 7 heteroatoms. The predicted molar refractivity (Wildman–Crippen MR) is 67.5 cm³/mol. The minimum Gasteiger partial charge on any atom is -0.454 e. The molecule has 18 heavy (non-hydrogen) atoms. The van der Waals surface area contributed by atoms with Gasteiger partial charge in [-0.3, -0.25) is 4.79 Å². The zero-order chi connectivity index (χ0) is 12.4. The Morgan fingerprint density at radius 1 is 1.39 bits per heavy atom. The number of fused-ring (bicyclic) bond motifs is 1. The molecule has 0 atom stereocenters. The Labute approximate surface area is 111 Å². The number of hydrogen-bond donors (Lipinski definition) is 0. The minimum atomic E-state index is 0.0356. The first-order valence-corrected chi connectivity index (χ1v) is 7.01. The molecule has 2 heterocycles. The molecule has 1 aromatic heterocycles. The Morgan fingerprint density at radius 3 is 3.11 bits per heavy atom. The summed E-state index contributed by atoms with van der Waals surface area (Å²) in [5.74, 6) is 1.69. The number of rotatable bonds is 4. The molecule has 0 saturated heterocycles. The highest BCUT2D eigenvalue weighted by Crippen LogP contribution is 2.33. The molecule has 0 amide bonds. The Hall–Kier alpha value is -1.60. The van der Waals surface area contributed by atoms with Crippen molar-refractivity contribution >= 4 is 28.9 Å². The van der Waals surface area contributed by atoms with E-state index >= 15 is 0 Å². The molecule has 1 aromatic carbocycles. The summed E-state index contributed by atoms with van der Waals surface area (Å²) in [6, 6.07) is 5.22. The number of carbonyl (C=O) groups is 1. The molecule has 0 unspecified atom stereocenters. The van der Waals surface area contributed by atoms with Crippen LogP contribution in [0.25, 0.3) is 0 Å². The quantitative estimate of drug-likeness (QED) is 0.632. The van der Waals surface area contributed by atoms with Gasteiger partial charge in [-0.1, -0.05) is 23.1 Å². The Balaban J connectivity index is 1.69. The standard InChI is InChI=1S/C11H8N2O3S2/c14-8(4-17-11-13-12-5-18-11)7-1-2-9-10(3-7)16-6-15-9/h1-3,5H,4,6H2. The van der Waals surface area contributed by atoms with Crippen LogP contribution in [0.1, 0.15) is 10.4 Å². The van der Waals surface area contributed by atoms with Crippen LogP contribution in [0.2, 0.25) is 0 Å². The third-order valence-electron chi connectivity index (χ3n) is 2.36. The Kier molecular flexibility index (Phi) is 3.16. The molecule has 0 saturated carbocycles. The second-order valence-corrected chi connectivity index (χ2v) is 5.54. The van der Waals surface area contributed by atoms with Crippen molar-refractivity contribution in [2.75, 3.05) is 12.5 Å². The van der Waals surface area contributed by atoms with E-state index < -0.39 is 0 Å². The van der Waals surface area contributed by atoms with Crippen LogP contribution in [0.3, 0.4) is 0 Å². The molecule has 0 fully saturated rings. The maximum Gasteiger partial charge on any atom is 0.231 e. The molecule has 5 nitrogen and oxygen atoms in total. The zero-order valence-electron chi connectivity index (χ0n) is 9.16. The van der Waals surface area contributed by atoms with E-state index in [1.165, 1.54) is 23.1 Å². The van der Waals surface area contributed by atoms with Crippen LogP contribution in [0.4, 0.5) is 0 Å². The van der Waals surface area contributed by atoms with Crippen LogP contribution in [-0.2, 0) is 0 Å². The maximum atomic E-state index is 12.0. The highest BCUT2D eigenvalue weighted by atomic mass is 32.2. The molecule has 0 N–H and O–H groups in total. The van der Waals surface area contributed by atoms with E-state index in [-0.39, 0.29) is 12.6 Å². The number of ether oxygens (including phenoxy) is 2. The molecule has 3 rings (SSSR count). The van der Waals surface area contributed by atoms with Gasteiger partial charge in [0.05, 0.1) is 5.75 Å². The van der Waals surface area contributed by atoms with Crippen molar-refractivity contribution in [3.63, 3.8) is 0 Å². The summed E-state index contributed by atoms with van der Waals surface area (Å²) in [6.45, 7) is 0.215. The number of Topliss-reactive ketones (excluding diaryl/α,β-unsaturated/α-hetero) is 1. The van der Waals surface area contributed by atoms with Gasteiger partial charge in [-0.15, -0.1) is 10.2 Å². The van der Waals surface area contributed by atoms with Gasteiger partial charge >= 0.3 is 0 Å². The highest BCUT2D eigenvalue weighted by Gasteiger charge is 2.16. The summed E-state index contributed by atoms with van der Waals surface area (Å²) >= 11 is 2.81. The summed E-state index contributed by atoms with van der Waals surface area (Å²) in [5, 5.41) is 7.59. The summed E-state index contributed by atoms with van der Waals surface area (Å²) in [7, 11) is 0. The van der Waals surface area contributed by atoms with Crippen molar-refractivity contribution in [3.05, 3.63) is 29.3 Å². The SMILES string of the molecule is O=C(CSc1nncs1)c1ccc2c(c1)OCO2. The number of carbonyl (C=O) groups excluding carboxylic acids is 1. The summed E-state index contributed by atoms with van der Waals surface area (Å²) in [6.07, 6.45) is 0. The lowest BCUT2D eigenvalue weighted by Gasteiger charge is -2.01. The van der Waals surface area contributed by atoms with Gasteiger partial charge in [-0.05, 0) is 18.2 Å². The summed E-state index contributed by atoms with van der Waals surface area (Å²) in [4.78, 5) is 12.0. The van der Waals surface area contributed by atoms with E-state index in [4.69, 9.17) is 9.47 Å². The fourth-order valence-electron chi connectivity index (χ4n) is 1.51. The van der Waals surface area contributed by atoms with Crippen molar-refractivity contribution in [1.82, 2.24) is 10.2 Å². The van der Waals surface area contributed by atoms with E-state index in [1.807, 2.05) is 0 Å². The van der Waals surface area contributed by atoms with Crippen molar-refractivity contribution in [2.24, 2.45) is 0 Å². The monoisotopic (exact) mass is 280 g/mol. The van der Waals surface area contributed by atoms with Crippen LogP contribution in [0, 0.1) is 0 Å². The van der Waals surface area contributed by atoms with Crippen LogP contribution in [-0.4, -0.2) is 28.5 Å². The largest absolute Gasteiger partial charge is 0.454 e. The maximum absolute atomic E-state index is 12.0. The lowest BCUT2D eigenvalue weighted by atomic mass is 10.1. The van der Waals surface area contributed by atoms with Crippen LogP contribution in [0.5, 0.6) is 11.5 Å². The van der Waals surface area contributed by atoms with E-state index in [1.54, 1.807) is 23.7 Å². The van der Waals surface area contributed by atoms with Crippen molar-refractivity contribution < 1.29 is 14.3 Å². The molecule has 0 spiro atoms. The number of thioether (sulfide) groups is 1. The van der Waals surface area contributed by atoms with Gasteiger partial charge < -0.3 is 9.47 Å². The first kappa shape index (κ1) is 11.5. The molecule has 0 bridgehead atoms. The lowest BCUT2D eigenvalue weighted by molar-refractivity contribution is 0.102. The lowest BCUT2D eigenvalue weighted by Crippen LogP contribution is -2.02. The molecule has 1 aliphatic heterocycles. The van der Waals surface area contributed by atoms with E-state index in [2.05, 4.69) is 10.2 Å². The molecular formula is C11H8N2O3S2. The van der Waals surface area contributed by atoms with E-state index in [0.29, 0.717) is 22.8 Å². The van der Waals surface area contributed by atoms with Gasteiger partial charge in [-0.25, -0.2) is 0 Å². The predicted octanol–water partition coefficient (Wildman–Crippen LogP) is 2.24. The van der Waals surface area contributed by atoms with Crippen molar-refractivity contribution in [1.29, 1.82) is 0 Å². The number of hydrogen-bond acceptors (Lipinski definition) is 7. The molecule has 2 aromatic rings. The molecular weight excluding hydrogens is 272 g/mol. The number of ketones is 1. The third-order valence-corrected chi connectivity index (χ3v) is 4.22. The number of nitrogens with zero attached hydrogens (tertiary/aromatic N) is 2. The highest BCUT2D eigenvalue weighted by molar-refractivity contribution is 8.01. The van der Waals surface area contributed by atoms with Crippen molar-refractivity contribution in [3.8, 4) is 11.5 Å². The first-order chi connectivity index (χ1) is 8.83. The summed E-state index contributed by atoms with van der Waals surface area (Å²) < 4.78 is 11.2. The minimum absolute atomic E-state index is 0.0356. The fraction of sp³-hybridized carbons (Fsp3) is 0.182. The van der Waals surface area contributed by atoms with Crippen LogP contribution in [0.15, 0.2) is 28.0 Å². The summed E-state index contributed by atoms with van der Waals surface area (Å²) in [5.41, 5.74) is 2.27. The van der Waals surface area contributed by atoms with E-state index in [9.17, 15) is 4.79 Å².